The zero-order valence-corrected chi connectivity index (χ0v) is 70.4. The maximum atomic E-state index is 11.5. The van der Waals surface area contributed by atoms with E-state index in [0.717, 1.165) is 154 Å². The van der Waals surface area contributed by atoms with Crippen LogP contribution in [-0.4, -0.2) is 152 Å². The molecule has 0 bridgehead atoms. The number of nitrogens with zero attached hydrogens (tertiary/aromatic N) is 6. The third kappa shape index (κ3) is 17.1. The van der Waals surface area contributed by atoms with Crippen molar-refractivity contribution in [1.29, 1.82) is 0 Å². The van der Waals surface area contributed by atoms with E-state index < -0.39 is 22.4 Å². The van der Waals surface area contributed by atoms with Crippen LogP contribution in [0.5, 0.6) is 0 Å². The fourth-order valence-electron chi connectivity index (χ4n) is 28.3. The first kappa shape index (κ1) is 89.6. The zero-order valence-electron chi connectivity index (χ0n) is 70.4. The number of esters is 3. The van der Waals surface area contributed by atoms with Gasteiger partial charge in [-0.05, 0) is 357 Å². The van der Waals surface area contributed by atoms with Crippen molar-refractivity contribution in [3.8, 4) is 0 Å². The van der Waals surface area contributed by atoms with Crippen LogP contribution < -0.4 is 11.5 Å². The van der Waals surface area contributed by atoms with E-state index in [1.807, 2.05) is 27.7 Å². The number of carbonyl (C=O) groups excluding carboxylic acids is 3. The molecule has 0 radical (unpaired) electrons. The molecule has 0 aromatic carbocycles. The van der Waals surface area contributed by atoms with Gasteiger partial charge in [0.2, 0.25) is 0 Å². The van der Waals surface area contributed by atoms with Gasteiger partial charge in [0.1, 0.15) is 0 Å². The van der Waals surface area contributed by atoms with Crippen LogP contribution >= 0.6 is 0 Å². The van der Waals surface area contributed by atoms with Crippen LogP contribution in [0.4, 0.5) is 0 Å². The summed E-state index contributed by atoms with van der Waals surface area (Å²) in [7, 11) is 0. The SMILES string of the molecule is CC(=O)OC[C@H]1C[C@@H](C)CC[C@]1(C)[C@H]1CC[C@@]2(C)[C@@H](CC[C@]2(C)O)[C@@H]1CN=[N+]=[N-].CC(=O)OC[C@H]1C[C@@H](O)CC[C@]1(C)[C@H]1CC[C@@]2(C)[C@@H](CC[C@]2(C)O)[C@@H]1CN.CC(=O)OC[C@H]1C[C@@H](O)CC[C@]1(C)[C@H]1CC[C@@]2(C)[C@@H](CC[C@]2(C)O)[C@@H]1CN=[N+]=[N-].C[C@]1([C@H]2CC[C@@]3(C)[C@@H](CC[C@]3(C)O)[C@@H]2CN)CC[C@H](O)C[C@@H]1CO. The predicted molar refractivity (Wildman–Crippen MR) is 423 cm³/mol. The Bertz CT molecular complexity index is 3090. The minimum Gasteiger partial charge on any atom is -0.466 e. The van der Waals surface area contributed by atoms with Gasteiger partial charge in [0.25, 0.3) is 0 Å². The van der Waals surface area contributed by atoms with Crippen molar-refractivity contribution in [3.63, 3.8) is 0 Å². The number of rotatable bonds is 17. The highest BCUT2D eigenvalue weighted by Crippen LogP contribution is 2.70. The highest BCUT2D eigenvalue weighted by Gasteiger charge is 2.67. The summed E-state index contributed by atoms with van der Waals surface area (Å²) < 4.78 is 16.3. The summed E-state index contributed by atoms with van der Waals surface area (Å²) in [5.74, 6) is 5.13. The van der Waals surface area contributed by atoms with E-state index in [4.69, 9.17) is 36.7 Å². The number of hydrogen-bond acceptors (Lipinski definition) is 18. The smallest absolute Gasteiger partial charge is 0.302 e. The summed E-state index contributed by atoms with van der Waals surface area (Å²) in [4.78, 5) is 40.5. The Morgan fingerprint density at radius 3 is 0.899 bits per heavy atom. The molecule has 12 saturated carbocycles. The van der Waals surface area contributed by atoms with Crippen molar-refractivity contribution < 1.29 is 69.4 Å². The number of fused-ring (bicyclic) bond motifs is 4. The zero-order chi connectivity index (χ0) is 80.7. The van der Waals surface area contributed by atoms with Crippen molar-refractivity contribution in [3.05, 3.63) is 20.9 Å². The first-order valence-corrected chi connectivity index (χ1v) is 43.2. The van der Waals surface area contributed by atoms with Crippen LogP contribution in [0.3, 0.4) is 0 Å². The lowest BCUT2D eigenvalue weighted by atomic mass is 9.48. The van der Waals surface area contributed by atoms with Crippen LogP contribution in [0.1, 0.15) is 291 Å². The first-order chi connectivity index (χ1) is 50.8. The van der Waals surface area contributed by atoms with Crippen LogP contribution in [0.2, 0.25) is 0 Å². The molecule has 12 fully saturated rings. The second-order valence-electron chi connectivity index (χ2n) is 41.4. The maximum absolute atomic E-state index is 11.5. The summed E-state index contributed by atoms with van der Waals surface area (Å²) >= 11 is 0. The first-order valence-electron chi connectivity index (χ1n) is 43.2. The lowest BCUT2D eigenvalue weighted by molar-refractivity contribution is -0.154. The molecule has 12 aliphatic rings. The Hall–Kier alpha value is -3.37. The normalized spacial score (nSPS) is 49.7. The van der Waals surface area contributed by atoms with Crippen LogP contribution in [0, 0.1) is 144 Å². The molecule has 12 aliphatic carbocycles. The van der Waals surface area contributed by atoms with Crippen molar-refractivity contribution >= 4 is 17.9 Å². The Labute approximate surface area is 654 Å². The van der Waals surface area contributed by atoms with Crippen molar-refractivity contribution in [2.24, 2.45) is 166 Å². The van der Waals surface area contributed by atoms with Gasteiger partial charge in [0, 0.05) is 62.1 Å². The summed E-state index contributed by atoms with van der Waals surface area (Å²) in [5.41, 5.74) is 27.8. The second kappa shape index (κ2) is 34.4. The minimum atomic E-state index is -0.696. The molecule has 109 heavy (non-hydrogen) atoms. The third-order valence-corrected chi connectivity index (χ3v) is 36.6. The van der Waals surface area contributed by atoms with Crippen LogP contribution in [0.25, 0.3) is 20.9 Å². The molecule has 0 aliphatic heterocycles. The van der Waals surface area contributed by atoms with Gasteiger partial charge in [-0.2, -0.15) is 0 Å². The van der Waals surface area contributed by atoms with Crippen LogP contribution in [-0.2, 0) is 28.6 Å². The average molecular weight is 1530 g/mol. The molecule has 0 saturated heterocycles. The molecule has 0 spiro atoms. The van der Waals surface area contributed by atoms with E-state index in [0.29, 0.717) is 136 Å². The van der Waals surface area contributed by atoms with Crippen LogP contribution in [0.15, 0.2) is 10.2 Å². The van der Waals surface area contributed by atoms with Crippen molar-refractivity contribution in [1.82, 2.24) is 0 Å². The molecule has 12 N–H and O–H groups in total. The highest BCUT2D eigenvalue weighted by molar-refractivity contribution is 5.66. The summed E-state index contributed by atoms with van der Waals surface area (Å²) in [6.45, 7) is 36.5. The number of aliphatic hydroxyl groups excluding tert-OH is 4. The van der Waals surface area contributed by atoms with Gasteiger partial charge in [-0.3, -0.25) is 14.4 Å². The summed E-state index contributed by atoms with van der Waals surface area (Å²) in [6.07, 6.45) is 25.1. The maximum Gasteiger partial charge on any atom is 0.302 e. The lowest BCUT2D eigenvalue weighted by Gasteiger charge is -2.58. The lowest BCUT2D eigenvalue weighted by Crippen LogP contribution is -2.56. The fourth-order valence-corrected chi connectivity index (χ4v) is 28.3. The average Bonchev–Trinajstić information content (AvgIpc) is 1.65. The molecule has 0 heterocycles. The molecule has 624 valence electrons. The van der Waals surface area contributed by atoms with Gasteiger partial charge >= 0.3 is 17.9 Å². The molecule has 22 nitrogen and oxygen atoms in total. The summed E-state index contributed by atoms with van der Waals surface area (Å²) in [5, 5.41) is 92.8. The molecule has 12 rings (SSSR count). The monoisotopic (exact) mass is 1530 g/mol. The second-order valence-corrected chi connectivity index (χ2v) is 41.4. The van der Waals surface area contributed by atoms with Gasteiger partial charge in [-0.1, -0.05) is 79.0 Å². The summed E-state index contributed by atoms with van der Waals surface area (Å²) in [6, 6.07) is 0. The molecule has 0 unspecified atom stereocenters. The third-order valence-electron chi connectivity index (χ3n) is 36.6. The van der Waals surface area contributed by atoms with Gasteiger partial charge in [-0.25, -0.2) is 0 Å². The molecular weight excluding hydrogens is 1380 g/mol. The van der Waals surface area contributed by atoms with E-state index in [2.05, 4.69) is 82.4 Å². The quantitative estimate of drug-likeness (QED) is 0.0213. The molecular formula is C87H152N8O14. The standard InChI is InChI=1S/C23H39N3O3.C22H37N3O4.C22H39NO4.C20H37NO3/c1-15-6-9-21(3,17(12-15)14-29-16(2)27)19-7-10-22(4)20(8-11-23(22,5)28)18(19)13-25-26-24;1-14(26)29-13-15-11-16(27)5-8-20(15,2)18-6-9-21(3)19(7-10-22(21,4)28)17(18)12-24-25-23;1-14(24)27-13-15-11-16(25)5-8-20(15,2)18-6-9-21(3)19(17(18)12-23)7-10-22(21,4)26;1-18(7-4-14(23)10-13(18)12-22)16-5-8-19(2)17(15(16)11-21)6-9-20(19,3)24/h15,17-20,28H,6-14H2,1-5H3;15-19,27-28H,5-13H2,1-4H3;15-19,25-26H,5-13,23H2,1-4H3;13-17,22-24H,4-12,21H2,1-3H3/t15-,17+,18+,19-,20-,21-,22-,23-;2*15-,16+,17-,18+,19+,20+,21+,22+;13-,14+,15-,16+,17+,18+,19+,20+/m0111/s1. The van der Waals surface area contributed by atoms with Crippen molar-refractivity contribution in [2.45, 2.75) is 331 Å². The Morgan fingerprint density at radius 2 is 0.624 bits per heavy atom. The number of ether oxygens (including phenoxy) is 3. The van der Waals surface area contributed by atoms with E-state index >= 15 is 0 Å². The largest absolute Gasteiger partial charge is 0.466 e. The Morgan fingerprint density at radius 1 is 0.376 bits per heavy atom. The molecule has 0 aromatic heterocycles. The number of azide groups is 2. The van der Waals surface area contributed by atoms with Gasteiger partial charge in [0.05, 0.1) is 60.5 Å². The molecule has 0 aromatic rings. The Kier molecular flexibility index (Phi) is 28.3. The minimum absolute atomic E-state index is 0.00843. The van der Waals surface area contributed by atoms with E-state index in [1.165, 1.54) is 27.2 Å². The van der Waals surface area contributed by atoms with E-state index in [9.17, 15) is 55.2 Å². The fraction of sp³-hybridized carbons (Fsp3) is 0.966. The number of aliphatic hydroxyl groups is 8. The van der Waals surface area contributed by atoms with Gasteiger partial charge < -0.3 is 66.5 Å². The van der Waals surface area contributed by atoms with Gasteiger partial charge in [-0.15, -0.1) is 0 Å². The molecule has 0 amide bonds. The molecule has 32 atom stereocenters. The van der Waals surface area contributed by atoms with E-state index in [-0.39, 0.29) is 116 Å². The topological polar surface area (TPSA) is 390 Å². The van der Waals surface area contributed by atoms with Crippen molar-refractivity contribution in [2.75, 3.05) is 52.6 Å². The number of hydrogen-bond donors (Lipinski definition) is 10. The predicted octanol–water partition coefficient (Wildman–Crippen LogP) is 14.9. The highest BCUT2D eigenvalue weighted by atomic mass is 16.5. The van der Waals surface area contributed by atoms with E-state index in [1.54, 1.807) is 0 Å². The Balaban J connectivity index is 0.000000168. The number of nitrogens with two attached hydrogens (primary N) is 2. The molecule has 22 heteroatoms. The van der Waals surface area contributed by atoms with Gasteiger partial charge in [0.15, 0.2) is 0 Å². The number of carbonyl (C=O) groups is 3.